The molecule has 1 fully saturated rings. The first kappa shape index (κ1) is 23.3. The van der Waals surface area contributed by atoms with E-state index in [0.29, 0.717) is 32.6 Å². The predicted molar refractivity (Wildman–Crippen MR) is 125 cm³/mol. The molecular formula is C25H32N4O3. The van der Waals surface area contributed by atoms with E-state index in [0.717, 1.165) is 16.8 Å². The van der Waals surface area contributed by atoms with Crippen LogP contribution in [0.4, 0.5) is 5.69 Å². The summed E-state index contributed by atoms with van der Waals surface area (Å²) in [6, 6.07) is 16.0. The third kappa shape index (κ3) is 5.87. The van der Waals surface area contributed by atoms with Crippen LogP contribution in [0.5, 0.6) is 0 Å². The third-order valence-corrected chi connectivity index (χ3v) is 6.09. The Hall–Kier alpha value is -3.35. The number of nitrogens with zero attached hydrogens (tertiary/aromatic N) is 2. The Morgan fingerprint density at radius 2 is 1.84 bits per heavy atom. The number of hydrogen-bond donors (Lipinski definition) is 2. The van der Waals surface area contributed by atoms with Crippen molar-refractivity contribution in [2.24, 2.45) is 11.7 Å². The number of carbonyl (C=O) groups is 3. The normalized spacial score (nSPS) is 17.8. The Morgan fingerprint density at radius 3 is 2.47 bits per heavy atom. The molecule has 0 bridgehead atoms. The molecule has 1 saturated heterocycles. The number of anilines is 1. The highest BCUT2D eigenvalue weighted by atomic mass is 16.2. The fraction of sp³-hybridized carbons (Fsp3) is 0.400. The molecule has 0 aliphatic carbocycles. The summed E-state index contributed by atoms with van der Waals surface area (Å²) in [5, 5.41) is 2.77. The summed E-state index contributed by atoms with van der Waals surface area (Å²) in [4.78, 5) is 39.9. The van der Waals surface area contributed by atoms with E-state index in [2.05, 4.69) is 16.3 Å². The summed E-state index contributed by atoms with van der Waals surface area (Å²) >= 11 is 0. The lowest BCUT2D eigenvalue weighted by Gasteiger charge is -2.22. The lowest BCUT2D eigenvalue weighted by molar-refractivity contribution is -0.130. The molecule has 3 N–H and O–H groups in total. The van der Waals surface area contributed by atoms with Gasteiger partial charge in [0.15, 0.2) is 0 Å². The molecule has 3 amide bonds. The summed E-state index contributed by atoms with van der Waals surface area (Å²) in [5.41, 5.74) is 9.89. The maximum Gasteiger partial charge on any atom is 0.224 e. The molecule has 1 aliphatic heterocycles. The standard InChI is InChI=1S/C25H32N4O3/c1-17-5-4-6-21(13-17)28(3)12-11-24(31)29-15-22(23(16-29)25(26)32)20-9-7-19(8-10-20)14-27-18(2)30/h4-10,13,22-23H,11-12,14-16H2,1-3H3,(H2,26,32)(H,27,30)/t22-,23+/m1/s1. The Morgan fingerprint density at radius 1 is 1.12 bits per heavy atom. The molecule has 0 radical (unpaired) electrons. The van der Waals surface area contributed by atoms with Gasteiger partial charge >= 0.3 is 0 Å². The topological polar surface area (TPSA) is 95.7 Å². The molecule has 0 spiro atoms. The number of nitrogens with one attached hydrogen (secondary N) is 1. The molecule has 1 aliphatic rings. The first-order chi connectivity index (χ1) is 15.2. The molecule has 3 rings (SSSR count). The van der Waals surface area contributed by atoms with Crippen LogP contribution in [0.25, 0.3) is 0 Å². The molecule has 2 atom stereocenters. The second kappa shape index (κ2) is 10.3. The smallest absolute Gasteiger partial charge is 0.224 e. The number of amides is 3. The van der Waals surface area contributed by atoms with Crippen molar-refractivity contribution in [3.8, 4) is 0 Å². The number of hydrogen-bond acceptors (Lipinski definition) is 4. The van der Waals surface area contributed by atoms with E-state index in [1.54, 1.807) is 4.90 Å². The maximum atomic E-state index is 12.9. The number of rotatable bonds is 8. The van der Waals surface area contributed by atoms with Crippen LogP contribution < -0.4 is 16.0 Å². The number of likely N-dealkylation sites (tertiary alicyclic amines) is 1. The molecule has 0 aromatic heterocycles. The second-order valence-electron chi connectivity index (χ2n) is 8.58. The van der Waals surface area contributed by atoms with Crippen LogP contribution in [-0.2, 0) is 20.9 Å². The Bertz CT molecular complexity index is 973. The average Bonchev–Trinajstić information content (AvgIpc) is 3.22. The van der Waals surface area contributed by atoms with Gasteiger partial charge in [-0.15, -0.1) is 0 Å². The minimum absolute atomic E-state index is 0.0283. The Kier molecular flexibility index (Phi) is 7.51. The van der Waals surface area contributed by atoms with Crippen molar-refractivity contribution in [1.82, 2.24) is 10.2 Å². The van der Waals surface area contributed by atoms with Crippen molar-refractivity contribution in [1.29, 1.82) is 0 Å². The largest absolute Gasteiger partial charge is 0.374 e. The summed E-state index contributed by atoms with van der Waals surface area (Å²) in [5.74, 6) is -0.971. The number of aryl methyl sites for hydroxylation is 1. The van der Waals surface area contributed by atoms with Gasteiger partial charge in [0.2, 0.25) is 17.7 Å². The molecule has 1 heterocycles. The minimum Gasteiger partial charge on any atom is -0.374 e. The van der Waals surface area contributed by atoms with Crippen molar-refractivity contribution in [2.45, 2.75) is 32.7 Å². The highest BCUT2D eigenvalue weighted by Gasteiger charge is 2.39. The SMILES string of the molecule is CC(=O)NCc1ccc([C@H]2CN(C(=O)CCN(C)c3cccc(C)c3)C[C@@H]2C(N)=O)cc1. The quantitative estimate of drug-likeness (QED) is 0.663. The molecule has 2 aromatic carbocycles. The molecule has 7 nitrogen and oxygen atoms in total. The second-order valence-corrected chi connectivity index (χ2v) is 8.58. The van der Waals surface area contributed by atoms with Gasteiger partial charge in [-0.25, -0.2) is 0 Å². The van der Waals surface area contributed by atoms with Gasteiger partial charge in [-0.1, -0.05) is 36.4 Å². The summed E-state index contributed by atoms with van der Waals surface area (Å²) < 4.78 is 0. The van der Waals surface area contributed by atoms with E-state index in [9.17, 15) is 14.4 Å². The average molecular weight is 437 g/mol. The van der Waals surface area contributed by atoms with Gasteiger partial charge in [0.1, 0.15) is 0 Å². The van der Waals surface area contributed by atoms with Crippen LogP contribution in [0.1, 0.15) is 36.0 Å². The molecule has 7 heteroatoms. The molecular weight excluding hydrogens is 404 g/mol. The van der Waals surface area contributed by atoms with Crippen molar-refractivity contribution in [3.05, 3.63) is 65.2 Å². The highest BCUT2D eigenvalue weighted by Crippen LogP contribution is 2.33. The van der Waals surface area contributed by atoms with Crippen molar-refractivity contribution in [2.75, 3.05) is 31.6 Å². The Labute approximate surface area is 189 Å². The number of primary amides is 1. The first-order valence-corrected chi connectivity index (χ1v) is 10.9. The summed E-state index contributed by atoms with van der Waals surface area (Å²) in [6.45, 7) is 5.41. The van der Waals surface area contributed by atoms with E-state index in [1.165, 1.54) is 12.5 Å². The number of carbonyl (C=O) groups excluding carboxylic acids is 3. The number of benzene rings is 2. The van der Waals surface area contributed by atoms with Crippen molar-refractivity contribution < 1.29 is 14.4 Å². The van der Waals surface area contributed by atoms with Crippen LogP contribution in [0, 0.1) is 12.8 Å². The fourth-order valence-electron chi connectivity index (χ4n) is 4.16. The maximum absolute atomic E-state index is 12.9. The van der Waals surface area contributed by atoms with Gasteiger partial charge in [0, 0.05) is 58.2 Å². The van der Waals surface area contributed by atoms with E-state index < -0.39 is 5.92 Å². The highest BCUT2D eigenvalue weighted by molar-refractivity contribution is 5.82. The van der Waals surface area contributed by atoms with E-state index in [4.69, 9.17) is 5.73 Å². The zero-order chi connectivity index (χ0) is 23.3. The van der Waals surface area contributed by atoms with Crippen LogP contribution in [0.3, 0.4) is 0 Å². The minimum atomic E-state index is -0.408. The van der Waals surface area contributed by atoms with E-state index in [1.807, 2.05) is 56.4 Å². The fourth-order valence-corrected chi connectivity index (χ4v) is 4.16. The monoisotopic (exact) mass is 436 g/mol. The molecule has 0 saturated carbocycles. The van der Waals surface area contributed by atoms with Gasteiger partial charge < -0.3 is 20.9 Å². The first-order valence-electron chi connectivity index (χ1n) is 10.9. The zero-order valence-corrected chi connectivity index (χ0v) is 19.0. The van der Waals surface area contributed by atoms with Gasteiger partial charge in [-0.05, 0) is 35.7 Å². The van der Waals surface area contributed by atoms with Gasteiger partial charge in [-0.2, -0.15) is 0 Å². The third-order valence-electron chi connectivity index (χ3n) is 6.09. The summed E-state index contributed by atoms with van der Waals surface area (Å²) in [6.07, 6.45) is 0.373. The van der Waals surface area contributed by atoms with E-state index in [-0.39, 0.29) is 23.6 Å². The van der Waals surface area contributed by atoms with Gasteiger partial charge in [0.25, 0.3) is 0 Å². The van der Waals surface area contributed by atoms with Crippen molar-refractivity contribution >= 4 is 23.4 Å². The lowest BCUT2D eigenvalue weighted by Crippen LogP contribution is -2.34. The Balaban J connectivity index is 1.62. The number of nitrogens with two attached hydrogens (primary N) is 1. The van der Waals surface area contributed by atoms with Gasteiger partial charge in [-0.3, -0.25) is 14.4 Å². The van der Waals surface area contributed by atoms with Crippen LogP contribution in [0.2, 0.25) is 0 Å². The summed E-state index contributed by atoms with van der Waals surface area (Å²) in [7, 11) is 1.98. The van der Waals surface area contributed by atoms with Crippen molar-refractivity contribution in [3.63, 3.8) is 0 Å². The van der Waals surface area contributed by atoms with E-state index >= 15 is 0 Å². The molecule has 2 aromatic rings. The van der Waals surface area contributed by atoms with Crippen LogP contribution in [-0.4, -0.2) is 49.3 Å². The molecule has 170 valence electrons. The lowest BCUT2D eigenvalue weighted by atomic mass is 9.88. The van der Waals surface area contributed by atoms with Crippen LogP contribution >= 0.6 is 0 Å². The molecule has 32 heavy (non-hydrogen) atoms. The molecule has 0 unspecified atom stereocenters. The zero-order valence-electron chi connectivity index (χ0n) is 19.0. The predicted octanol–water partition coefficient (Wildman–Crippen LogP) is 2.18. The van der Waals surface area contributed by atoms with Gasteiger partial charge in [0.05, 0.1) is 5.92 Å². The van der Waals surface area contributed by atoms with Crippen LogP contribution in [0.15, 0.2) is 48.5 Å².